The molecular weight excluding hydrogens is 545 g/mol. The summed E-state index contributed by atoms with van der Waals surface area (Å²) in [5.41, 5.74) is 2.49. The van der Waals surface area contributed by atoms with Gasteiger partial charge in [0.2, 0.25) is 5.30 Å². The molecule has 3 aromatic rings. The maximum absolute atomic E-state index is 13.7. The van der Waals surface area contributed by atoms with Crippen molar-refractivity contribution in [1.82, 2.24) is 9.88 Å². The quantitative estimate of drug-likeness (QED) is 0.102. The fourth-order valence-electron chi connectivity index (χ4n) is 4.43. The highest BCUT2D eigenvalue weighted by Gasteiger charge is 2.50. The minimum Gasteiger partial charge on any atom is -0.461 e. The summed E-state index contributed by atoms with van der Waals surface area (Å²) in [6, 6.07) is 15.9. The summed E-state index contributed by atoms with van der Waals surface area (Å²) in [6.45, 7) is 8.89. The van der Waals surface area contributed by atoms with Gasteiger partial charge < -0.3 is 4.74 Å². The lowest BCUT2D eigenvalue weighted by atomic mass is 9.97. The van der Waals surface area contributed by atoms with Crippen LogP contribution in [0.3, 0.4) is 0 Å². The first-order valence-electron chi connectivity index (χ1n) is 13.7. The van der Waals surface area contributed by atoms with Crippen molar-refractivity contribution in [2.75, 3.05) is 33.4 Å². The van der Waals surface area contributed by atoms with Crippen molar-refractivity contribution in [3.05, 3.63) is 87.2 Å². The number of rotatable bonds is 15. The highest BCUT2D eigenvalue weighted by Crippen LogP contribution is 2.58. The van der Waals surface area contributed by atoms with Gasteiger partial charge in [0.25, 0.3) is 5.69 Å². The van der Waals surface area contributed by atoms with Gasteiger partial charge in [-0.2, -0.15) is 13.9 Å². The molecule has 10 nitrogen and oxygen atoms in total. The maximum atomic E-state index is 13.7. The standard InChI is InChI=1S/C30H39N3O7P/c1-6-17-39-41(37,40-18-7-2)29-23(4)31-22(3)27(28(29)25-14-11-15-26(20-25)33(35)36)30(34)38-19-16-32(5)21-24-12-9-8-10-13-24/h8-15,20,37H,6-7,16-19,21H2,1-5H3/q+1. The van der Waals surface area contributed by atoms with Crippen LogP contribution in [0, 0.1) is 24.0 Å². The lowest BCUT2D eigenvalue weighted by Gasteiger charge is -2.23. The zero-order valence-electron chi connectivity index (χ0n) is 24.3. The lowest BCUT2D eigenvalue weighted by molar-refractivity contribution is -0.384. The predicted molar refractivity (Wildman–Crippen MR) is 160 cm³/mol. The van der Waals surface area contributed by atoms with E-state index in [9.17, 15) is 19.8 Å². The Labute approximate surface area is 242 Å². The van der Waals surface area contributed by atoms with Crippen LogP contribution in [0.4, 0.5) is 5.69 Å². The Morgan fingerprint density at radius 3 is 2.27 bits per heavy atom. The number of nitro benzene ring substituents is 1. The van der Waals surface area contributed by atoms with E-state index in [-0.39, 0.29) is 41.9 Å². The average Bonchev–Trinajstić information content (AvgIpc) is 2.95. The fraction of sp³-hybridized carbons (Fsp3) is 0.400. The van der Waals surface area contributed by atoms with Crippen LogP contribution in [0.1, 0.15) is 54.0 Å². The number of carbonyl (C=O) groups is 1. The second-order valence-electron chi connectivity index (χ2n) is 9.73. The van der Waals surface area contributed by atoms with E-state index in [1.54, 1.807) is 19.9 Å². The summed E-state index contributed by atoms with van der Waals surface area (Å²) < 4.78 is 17.6. The van der Waals surface area contributed by atoms with E-state index in [0.29, 0.717) is 42.9 Å². The molecule has 0 bridgehead atoms. The Hall–Kier alpha value is -3.27. The van der Waals surface area contributed by atoms with E-state index in [1.807, 2.05) is 56.1 Å². The normalized spacial score (nSPS) is 11.6. The Morgan fingerprint density at radius 1 is 1.00 bits per heavy atom. The molecule has 2 aromatic carbocycles. The molecule has 41 heavy (non-hydrogen) atoms. The number of carbonyl (C=O) groups excluding carboxylic acids is 1. The van der Waals surface area contributed by atoms with Gasteiger partial charge in [-0.25, -0.2) is 4.79 Å². The molecule has 1 N–H and O–H groups in total. The number of likely N-dealkylation sites (N-methyl/N-ethyl adjacent to an activating group) is 1. The van der Waals surface area contributed by atoms with Crippen LogP contribution in [-0.4, -0.2) is 59.1 Å². The van der Waals surface area contributed by atoms with Gasteiger partial charge in [-0.1, -0.05) is 56.3 Å². The van der Waals surface area contributed by atoms with Crippen LogP contribution in [0.25, 0.3) is 11.1 Å². The predicted octanol–water partition coefficient (Wildman–Crippen LogP) is 5.80. The molecule has 1 heterocycles. The van der Waals surface area contributed by atoms with Crippen LogP contribution < -0.4 is 5.30 Å². The van der Waals surface area contributed by atoms with E-state index in [2.05, 4.69) is 4.98 Å². The summed E-state index contributed by atoms with van der Waals surface area (Å²) in [5.74, 6) is -0.650. The second kappa shape index (κ2) is 15.1. The van der Waals surface area contributed by atoms with Crippen molar-refractivity contribution < 1.29 is 28.4 Å². The number of ether oxygens (including phenoxy) is 1. The molecule has 0 aliphatic heterocycles. The van der Waals surface area contributed by atoms with Crippen molar-refractivity contribution in [3.63, 3.8) is 0 Å². The SMILES string of the molecule is CCCO[P+](O)(OCCC)c1c(C)nc(C)c(C(=O)OCCN(C)Cc2ccccc2)c1-c1cccc([N+](=O)[O-])c1. The Morgan fingerprint density at radius 2 is 1.66 bits per heavy atom. The molecule has 0 aliphatic rings. The molecular formula is C30H39N3O7P+. The van der Waals surface area contributed by atoms with Gasteiger partial charge in [0.15, 0.2) is 0 Å². The molecule has 0 saturated carbocycles. The number of aryl methyl sites for hydroxylation is 2. The molecule has 1 aromatic heterocycles. The summed E-state index contributed by atoms with van der Waals surface area (Å²) in [5, 5.41) is 11.9. The average molecular weight is 585 g/mol. The Bertz CT molecular complexity index is 1330. The molecule has 0 amide bonds. The third-order valence-electron chi connectivity index (χ3n) is 6.30. The molecule has 0 aliphatic carbocycles. The molecule has 0 saturated heterocycles. The van der Waals surface area contributed by atoms with Crippen LogP contribution in [-0.2, 0) is 20.3 Å². The molecule has 0 unspecified atom stereocenters. The van der Waals surface area contributed by atoms with E-state index < -0.39 is 18.8 Å². The van der Waals surface area contributed by atoms with Gasteiger partial charge >= 0.3 is 13.9 Å². The first-order chi connectivity index (χ1) is 19.6. The van der Waals surface area contributed by atoms with Crippen molar-refractivity contribution >= 4 is 24.9 Å². The minimum absolute atomic E-state index is 0.107. The fourth-order valence-corrected chi connectivity index (χ4v) is 6.60. The highest BCUT2D eigenvalue weighted by molar-refractivity contribution is 7.69. The molecule has 0 radical (unpaired) electrons. The number of pyridine rings is 1. The number of hydrogen-bond donors (Lipinski definition) is 1. The van der Waals surface area contributed by atoms with Crippen LogP contribution in [0.5, 0.6) is 0 Å². The zero-order valence-corrected chi connectivity index (χ0v) is 25.2. The van der Waals surface area contributed by atoms with Crippen molar-refractivity contribution in [2.24, 2.45) is 0 Å². The number of hydrogen-bond acceptors (Lipinski definition) is 9. The number of non-ortho nitro benzene ring substituents is 1. The van der Waals surface area contributed by atoms with Crippen molar-refractivity contribution in [2.45, 2.75) is 47.1 Å². The van der Waals surface area contributed by atoms with E-state index in [0.717, 1.165) is 5.56 Å². The summed E-state index contributed by atoms with van der Waals surface area (Å²) >= 11 is 0. The Kier molecular flexibility index (Phi) is 11.9. The van der Waals surface area contributed by atoms with Crippen LogP contribution >= 0.6 is 7.94 Å². The molecule has 3 rings (SSSR count). The maximum Gasteiger partial charge on any atom is 0.448 e. The first-order valence-corrected chi connectivity index (χ1v) is 15.3. The molecule has 11 heteroatoms. The van der Waals surface area contributed by atoms with E-state index in [4.69, 9.17) is 13.8 Å². The number of nitrogens with zero attached hydrogens (tertiary/aromatic N) is 3. The van der Waals surface area contributed by atoms with Crippen molar-refractivity contribution in [3.8, 4) is 11.1 Å². The number of aromatic nitrogens is 1. The van der Waals surface area contributed by atoms with Gasteiger partial charge in [0.1, 0.15) is 6.61 Å². The summed E-state index contributed by atoms with van der Waals surface area (Å²) in [4.78, 5) is 43.3. The van der Waals surface area contributed by atoms with Crippen LogP contribution in [0.2, 0.25) is 0 Å². The third-order valence-corrected chi connectivity index (χ3v) is 8.48. The molecule has 0 atom stereocenters. The number of nitro groups is 1. The highest BCUT2D eigenvalue weighted by atomic mass is 31.2. The van der Waals surface area contributed by atoms with Gasteiger partial charge in [0.05, 0.1) is 40.7 Å². The topological polar surface area (TPSA) is 124 Å². The number of benzene rings is 2. The third kappa shape index (κ3) is 8.38. The van der Waals surface area contributed by atoms with Gasteiger partial charge in [-0.15, -0.1) is 0 Å². The minimum atomic E-state index is -3.75. The Balaban J connectivity index is 2.06. The lowest BCUT2D eigenvalue weighted by Crippen LogP contribution is -2.28. The van der Waals surface area contributed by atoms with Crippen molar-refractivity contribution in [1.29, 1.82) is 0 Å². The monoisotopic (exact) mass is 584 g/mol. The second-order valence-corrected chi connectivity index (χ2v) is 11.7. The van der Waals surface area contributed by atoms with Gasteiger partial charge in [-0.05, 0) is 44.9 Å². The van der Waals surface area contributed by atoms with Crippen LogP contribution in [0.15, 0.2) is 54.6 Å². The zero-order chi connectivity index (χ0) is 30.0. The summed E-state index contributed by atoms with van der Waals surface area (Å²) in [7, 11) is -1.81. The van der Waals surface area contributed by atoms with E-state index in [1.165, 1.54) is 18.2 Å². The first kappa shape index (κ1) is 32.2. The van der Waals surface area contributed by atoms with Gasteiger partial charge in [-0.3, -0.25) is 20.0 Å². The molecule has 0 spiro atoms. The summed E-state index contributed by atoms with van der Waals surface area (Å²) in [6.07, 6.45) is 1.24. The van der Waals surface area contributed by atoms with Gasteiger partial charge in [0, 0.05) is 25.2 Å². The molecule has 220 valence electrons. The number of esters is 1. The largest absolute Gasteiger partial charge is 0.461 e. The van der Waals surface area contributed by atoms with E-state index >= 15 is 0 Å². The molecule has 0 fully saturated rings. The smallest absolute Gasteiger partial charge is 0.448 e.